The van der Waals surface area contributed by atoms with Crippen molar-refractivity contribution in [2.75, 3.05) is 7.11 Å². The number of hydrogen-bond donors (Lipinski definition) is 0. The zero-order valence-corrected chi connectivity index (χ0v) is 14.3. The first-order valence-electron chi connectivity index (χ1n) is 4.44. The number of benzene rings is 1. The Balaban J connectivity index is 0.00000144. The number of hydrogen-bond acceptors (Lipinski definition) is 4. The number of ether oxygens (including phenoxy) is 1. The van der Waals surface area contributed by atoms with Gasteiger partial charge in [0, 0.05) is 12.0 Å². The van der Waals surface area contributed by atoms with Gasteiger partial charge in [0.1, 0.15) is 5.82 Å². The molecule has 2 rings (SSSR count). The zero-order chi connectivity index (χ0) is 11.5. The molecule has 0 radical (unpaired) electrons. The van der Waals surface area contributed by atoms with Gasteiger partial charge in [0.25, 0.3) is 0 Å². The molecule has 0 aliphatic rings. The Morgan fingerprint density at radius 1 is 1.47 bits per heavy atom. The third-order valence-electron chi connectivity index (χ3n) is 2.04. The van der Waals surface area contributed by atoms with Gasteiger partial charge in [-0.2, -0.15) is 5.16 Å². The van der Waals surface area contributed by atoms with Gasteiger partial charge in [-0.15, -0.1) is 0 Å². The van der Waals surface area contributed by atoms with Crippen LogP contribution in [0.3, 0.4) is 0 Å². The minimum atomic E-state index is -0.667. The topological polar surface area (TPSA) is 52.3 Å². The first kappa shape index (κ1) is 14.7. The van der Waals surface area contributed by atoms with Gasteiger partial charge in [0.2, 0.25) is 5.97 Å². The summed E-state index contributed by atoms with van der Waals surface area (Å²) >= 11 is 0. The van der Waals surface area contributed by atoms with Crippen molar-refractivity contribution in [2.45, 2.75) is 0 Å². The van der Waals surface area contributed by atoms with Crippen molar-refractivity contribution in [1.29, 1.82) is 0 Å². The maximum atomic E-state index is 13.5. The molecule has 2 aromatic rings. The summed E-state index contributed by atoms with van der Waals surface area (Å²) in [6, 6.07) is 5.94. The van der Waals surface area contributed by atoms with Gasteiger partial charge in [-0.25, -0.2) is 4.39 Å². The van der Waals surface area contributed by atoms with Gasteiger partial charge in [0.15, 0.2) is 0 Å². The summed E-state index contributed by atoms with van der Waals surface area (Å²) in [5.74, 6) is -1.16. The fraction of sp³-hybridized carbons (Fsp3) is 0.0909. The molecule has 1 aromatic heterocycles. The molecule has 0 unspecified atom stereocenters. The molecule has 0 N–H and O–H groups in total. The van der Waals surface area contributed by atoms with Gasteiger partial charge < -0.3 is 14.1 Å². The smallest absolute Gasteiger partial charge is 0.522 e. The molecule has 4 nitrogen and oxygen atoms in total. The van der Waals surface area contributed by atoms with Crippen LogP contribution in [0.5, 0.6) is 0 Å². The second-order valence-corrected chi connectivity index (χ2v) is 2.98. The number of nitrogens with zero attached hydrogens (tertiary/aromatic N) is 1. The number of carbonyl (C=O) groups excluding carboxylic acids is 1. The number of rotatable bonds is 2. The quantitative estimate of drug-likeness (QED) is 0.531. The van der Waals surface area contributed by atoms with E-state index in [0.29, 0.717) is 0 Å². The maximum absolute atomic E-state index is 13.5. The van der Waals surface area contributed by atoms with Crippen molar-refractivity contribution in [3.05, 3.63) is 41.9 Å². The van der Waals surface area contributed by atoms with Gasteiger partial charge in [-0.05, 0) is 17.2 Å². The monoisotopic (exact) mass is 305 g/mol. The molecule has 0 atom stereocenters. The van der Waals surface area contributed by atoms with Crippen molar-refractivity contribution in [2.24, 2.45) is 0 Å². The standard InChI is InChI=1S/C11H7FNO3.Rb/c1-15-11(14)8-6-16-13-10(8)7-4-2-3-5-9(7)12;/h2-5H,1H3;/q-1;+1. The fourth-order valence-electron chi connectivity index (χ4n) is 1.29. The molecular weight excluding hydrogens is 299 g/mol. The third kappa shape index (κ3) is 3.10. The summed E-state index contributed by atoms with van der Waals surface area (Å²) in [5, 5.41) is 3.54. The van der Waals surface area contributed by atoms with E-state index in [0.717, 1.165) is 0 Å². The summed E-state index contributed by atoms with van der Waals surface area (Å²) in [4.78, 5) is 11.3. The van der Waals surface area contributed by atoms with Crippen molar-refractivity contribution in [3.8, 4) is 11.3 Å². The molecule has 0 bridgehead atoms. The average molecular weight is 306 g/mol. The summed E-state index contributed by atoms with van der Waals surface area (Å²) in [7, 11) is 1.22. The molecule has 6 heteroatoms. The molecule has 0 fully saturated rings. The normalized spacial score (nSPS) is 9.53. The molecule has 0 aliphatic heterocycles. The van der Waals surface area contributed by atoms with Crippen LogP contribution in [0.15, 0.2) is 28.8 Å². The number of halogens is 1. The second kappa shape index (κ2) is 6.54. The van der Waals surface area contributed by atoms with Crippen LogP contribution in [0.1, 0.15) is 10.4 Å². The molecule has 17 heavy (non-hydrogen) atoms. The summed E-state index contributed by atoms with van der Waals surface area (Å²) in [5.41, 5.74) is 0.241. The first-order chi connectivity index (χ1) is 7.74. The van der Waals surface area contributed by atoms with Crippen molar-refractivity contribution in [3.63, 3.8) is 0 Å². The number of esters is 1. The predicted octanol–water partition coefficient (Wildman–Crippen LogP) is -0.929. The van der Waals surface area contributed by atoms with E-state index in [9.17, 15) is 9.18 Å². The van der Waals surface area contributed by atoms with E-state index >= 15 is 0 Å². The van der Waals surface area contributed by atoms with E-state index < -0.39 is 11.8 Å². The summed E-state index contributed by atoms with van der Waals surface area (Å²) in [6.07, 6.45) is 2.25. The third-order valence-corrected chi connectivity index (χ3v) is 2.04. The number of aromatic nitrogens is 1. The van der Waals surface area contributed by atoms with Crippen LogP contribution in [-0.2, 0) is 4.74 Å². The Bertz CT molecular complexity index is 527. The molecular formula is C11H7FNO3Rb. The Hall–Kier alpha value is -0.365. The van der Waals surface area contributed by atoms with Gasteiger partial charge in [0.05, 0.1) is 7.11 Å². The van der Waals surface area contributed by atoms with Crippen LogP contribution in [0.25, 0.3) is 11.3 Å². The molecule has 0 saturated carbocycles. The largest absolute Gasteiger partial charge is 1.00 e. The Kier molecular flexibility index (Phi) is 5.65. The maximum Gasteiger partial charge on any atom is 1.00 e. The average Bonchev–Trinajstić information content (AvgIpc) is 2.77. The van der Waals surface area contributed by atoms with Crippen LogP contribution in [0.2, 0.25) is 0 Å². The molecule has 0 spiro atoms. The van der Waals surface area contributed by atoms with E-state index in [-0.39, 0.29) is 75.0 Å². The number of methoxy groups -OCH3 is 1. The molecule has 0 aliphatic carbocycles. The fourth-order valence-corrected chi connectivity index (χ4v) is 1.29. The van der Waals surface area contributed by atoms with Crippen LogP contribution in [0.4, 0.5) is 4.39 Å². The molecule has 1 heterocycles. The van der Waals surface area contributed by atoms with Crippen molar-refractivity contribution in [1.82, 2.24) is 5.16 Å². The predicted molar refractivity (Wildman–Crippen MR) is 52.1 cm³/mol. The summed E-state index contributed by atoms with van der Waals surface area (Å²) < 4.78 is 22.5. The van der Waals surface area contributed by atoms with Crippen molar-refractivity contribution < 1.29 is 76.6 Å². The van der Waals surface area contributed by atoms with Gasteiger partial charge >= 0.3 is 58.2 Å². The minimum absolute atomic E-state index is 0. The van der Waals surface area contributed by atoms with Crippen LogP contribution >= 0.6 is 0 Å². The molecule has 82 valence electrons. The summed E-state index contributed by atoms with van der Waals surface area (Å²) in [6.45, 7) is 0. The van der Waals surface area contributed by atoms with Crippen LogP contribution in [-0.4, -0.2) is 18.2 Å². The SMILES string of the molecule is COC(=O)c1[c-]onc1-c1ccccc1F.[Rb+]. The molecule has 0 amide bonds. The van der Waals surface area contributed by atoms with E-state index in [2.05, 4.69) is 20.7 Å². The minimum Gasteiger partial charge on any atom is -0.522 e. The molecule has 0 saturated heterocycles. The van der Waals surface area contributed by atoms with Crippen LogP contribution in [0, 0.1) is 12.1 Å². The van der Waals surface area contributed by atoms with E-state index in [4.69, 9.17) is 0 Å². The van der Waals surface area contributed by atoms with Gasteiger partial charge in [-0.1, -0.05) is 18.2 Å². The van der Waals surface area contributed by atoms with Crippen molar-refractivity contribution >= 4 is 5.97 Å². The van der Waals surface area contributed by atoms with Crippen LogP contribution < -0.4 is 58.2 Å². The van der Waals surface area contributed by atoms with Gasteiger partial charge in [-0.3, -0.25) is 0 Å². The second-order valence-electron chi connectivity index (χ2n) is 2.98. The van der Waals surface area contributed by atoms with E-state index in [1.165, 1.54) is 19.2 Å². The Morgan fingerprint density at radius 2 is 2.18 bits per heavy atom. The zero-order valence-electron chi connectivity index (χ0n) is 9.36. The Labute approximate surface area is 146 Å². The number of carbonyl (C=O) groups is 1. The molecule has 1 aromatic carbocycles. The first-order valence-corrected chi connectivity index (χ1v) is 4.44. The Morgan fingerprint density at radius 3 is 2.82 bits per heavy atom. The van der Waals surface area contributed by atoms with E-state index in [1.807, 2.05) is 0 Å². The van der Waals surface area contributed by atoms with E-state index in [1.54, 1.807) is 12.1 Å².